The SMILES string of the molecule is CCOC(=O)CCCCCc1[c-]sc(C)c1.[Y]. The fourth-order valence-corrected chi connectivity index (χ4v) is 2.22. The molecule has 0 saturated carbocycles. The van der Waals surface area contributed by atoms with Crippen LogP contribution in [-0.2, 0) is 48.7 Å². The van der Waals surface area contributed by atoms with Crippen molar-refractivity contribution in [1.29, 1.82) is 0 Å². The molecule has 0 amide bonds. The van der Waals surface area contributed by atoms with E-state index in [-0.39, 0.29) is 38.7 Å². The van der Waals surface area contributed by atoms with Gasteiger partial charge < -0.3 is 16.1 Å². The summed E-state index contributed by atoms with van der Waals surface area (Å²) in [5.74, 6) is -0.0690. The summed E-state index contributed by atoms with van der Waals surface area (Å²) >= 11 is 1.68. The summed E-state index contributed by atoms with van der Waals surface area (Å²) in [6.45, 7) is 4.43. The summed E-state index contributed by atoms with van der Waals surface area (Å²) in [5.41, 5.74) is 1.30. The van der Waals surface area contributed by atoms with Gasteiger partial charge in [-0.25, -0.2) is 0 Å². The van der Waals surface area contributed by atoms with Crippen LogP contribution in [0.3, 0.4) is 0 Å². The molecule has 0 aliphatic carbocycles. The van der Waals surface area contributed by atoms with Gasteiger partial charge in [0.2, 0.25) is 0 Å². The Morgan fingerprint density at radius 1 is 1.41 bits per heavy atom. The van der Waals surface area contributed by atoms with E-state index in [0.717, 1.165) is 25.7 Å². The summed E-state index contributed by atoms with van der Waals surface area (Å²) in [6.07, 6.45) is 4.78. The number of hydrogen-bond acceptors (Lipinski definition) is 3. The van der Waals surface area contributed by atoms with Crippen molar-refractivity contribution in [1.82, 2.24) is 0 Å². The monoisotopic (exact) mass is 328 g/mol. The van der Waals surface area contributed by atoms with E-state index < -0.39 is 0 Å². The van der Waals surface area contributed by atoms with E-state index in [1.54, 1.807) is 11.3 Å². The fourth-order valence-electron chi connectivity index (χ4n) is 1.57. The van der Waals surface area contributed by atoms with Crippen molar-refractivity contribution in [3.63, 3.8) is 0 Å². The summed E-state index contributed by atoms with van der Waals surface area (Å²) in [5, 5.41) is 3.28. The first-order valence-electron chi connectivity index (χ1n) is 5.85. The van der Waals surface area contributed by atoms with Gasteiger partial charge in [-0.05, 0) is 13.3 Å². The minimum Gasteiger partial charge on any atom is -0.466 e. The van der Waals surface area contributed by atoms with Crippen molar-refractivity contribution in [2.75, 3.05) is 6.61 Å². The Balaban J connectivity index is 0.00000256. The molecule has 0 N–H and O–H groups in total. The number of unbranched alkanes of at least 4 members (excludes halogenated alkanes) is 2. The van der Waals surface area contributed by atoms with Gasteiger partial charge in [0.1, 0.15) is 0 Å². The molecular formula is C13H19O2SY-. The molecule has 2 nitrogen and oxygen atoms in total. The maximum atomic E-state index is 11.1. The zero-order valence-corrected chi connectivity index (χ0v) is 14.3. The number of esters is 1. The summed E-state index contributed by atoms with van der Waals surface area (Å²) in [4.78, 5) is 12.4. The third-order valence-electron chi connectivity index (χ3n) is 2.35. The molecule has 0 aliphatic heterocycles. The van der Waals surface area contributed by atoms with Crippen LogP contribution < -0.4 is 0 Å². The van der Waals surface area contributed by atoms with Crippen LogP contribution in [0.5, 0.6) is 0 Å². The Morgan fingerprint density at radius 2 is 2.18 bits per heavy atom. The van der Waals surface area contributed by atoms with Crippen LogP contribution in [0.15, 0.2) is 6.07 Å². The van der Waals surface area contributed by atoms with Gasteiger partial charge in [-0.1, -0.05) is 26.2 Å². The van der Waals surface area contributed by atoms with Gasteiger partial charge in [-0.15, -0.1) is 5.38 Å². The summed E-state index contributed by atoms with van der Waals surface area (Å²) in [7, 11) is 0. The third kappa shape index (κ3) is 8.07. The van der Waals surface area contributed by atoms with E-state index in [4.69, 9.17) is 4.74 Å². The number of carbonyl (C=O) groups is 1. The van der Waals surface area contributed by atoms with E-state index in [1.807, 2.05) is 6.92 Å². The fraction of sp³-hybridized carbons (Fsp3) is 0.615. The first-order valence-corrected chi connectivity index (χ1v) is 6.66. The van der Waals surface area contributed by atoms with Crippen LogP contribution >= 0.6 is 11.3 Å². The first-order chi connectivity index (χ1) is 7.72. The van der Waals surface area contributed by atoms with Crippen molar-refractivity contribution in [2.45, 2.75) is 46.0 Å². The number of ether oxygens (including phenoxy) is 1. The standard InChI is InChI=1S/C13H19O2S.Y/c1-3-15-13(14)8-6-4-5-7-12-9-11(2)16-10-12;/h9H,3-8H2,1-2H3;/q-1;. The number of aryl methyl sites for hydroxylation is 2. The maximum Gasteiger partial charge on any atom is 0.305 e. The molecule has 0 spiro atoms. The molecule has 1 heterocycles. The molecule has 0 saturated heterocycles. The normalized spacial score (nSPS) is 9.76. The third-order valence-corrected chi connectivity index (χ3v) is 3.16. The summed E-state index contributed by atoms with van der Waals surface area (Å²) < 4.78 is 4.87. The zero-order chi connectivity index (χ0) is 11.8. The molecule has 1 aromatic heterocycles. The average molecular weight is 328 g/mol. The molecule has 4 heteroatoms. The van der Waals surface area contributed by atoms with Gasteiger partial charge in [0.05, 0.1) is 6.61 Å². The second-order valence-electron chi connectivity index (χ2n) is 3.85. The van der Waals surface area contributed by atoms with Gasteiger partial charge in [0.15, 0.2) is 0 Å². The number of carbonyl (C=O) groups excluding carboxylic acids is 1. The predicted octanol–water partition coefficient (Wildman–Crippen LogP) is 3.52. The van der Waals surface area contributed by atoms with E-state index in [1.165, 1.54) is 10.4 Å². The summed E-state index contributed by atoms with van der Waals surface area (Å²) in [6, 6.07) is 2.19. The predicted molar refractivity (Wildman–Crippen MR) is 66.7 cm³/mol. The van der Waals surface area contributed by atoms with Crippen LogP contribution in [-0.4, -0.2) is 12.6 Å². The van der Waals surface area contributed by atoms with Gasteiger partial charge in [-0.2, -0.15) is 16.5 Å². The minimum absolute atomic E-state index is 0. The van der Waals surface area contributed by atoms with E-state index in [9.17, 15) is 4.79 Å². The Labute approximate surface area is 133 Å². The van der Waals surface area contributed by atoms with Gasteiger partial charge in [0.25, 0.3) is 0 Å². The average Bonchev–Trinajstić information content (AvgIpc) is 2.64. The van der Waals surface area contributed by atoms with E-state index in [0.29, 0.717) is 13.0 Å². The smallest absolute Gasteiger partial charge is 0.305 e. The maximum absolute atomic E-state index is 11.1. The van der Waals surface area contributed by atoms with Gasteiger partial charge in [-0.3, -0.25) is 4.79 Å². The Hall–Kier alpha value is 0.274. The molecule has 1 aromatic rings. The molecular weight excluding hydrogens is 309 g/mol. The van der Waals surface area contributed by atoms with Crippen molar-refractivity contribution in [2.24, 2.45) is 0 Å². The van der Waals surface area contributed by atoms with Crippen molar-refractivity contribution in [3.8, 4) is 0 Å². The molecule has 0 atom stereocenters. The Bertz CT molecular complexity index is 323. The molecule has 0 aliphatic rings. The Morgan fingerprint density at radius 3 is 2.76 bits per heavy atom. The molecule has 1 radical (unpaired) electrons. The number of thiophene rings is 1. The van der Waals surface area contributed by atoms with Crippen LogP contribution in [0.2, 0.25) is 0 Å². The Kier molecular flexibility index (Phi) is 10.4. The topological polar surface area (TPSA) is 26.3 Å². The largest absolute Gasteiger partial charge is 0.466 e. The molecule has 1 rings (SSSR count). The first kappa shape index (κ1) is 17.3. The molecule has 0 unspecified atom stereocenters. The second kappa shape index (κ2) is 10.2. The molecule has 0 aromatic carbocycles. The van der Waals surface area contributed by atoms with Crippen molar-refractivity contribution >= 4 is 17.3 Å². The minimum atomic E-state index is -0.0690. The molecule has 93 valence electrons. The molecule has 17 heavy (non-hydrogen) atoms. The zero-order valence-electron chi connectivity index (χ0n) is 10.6. The van der Waals surface area contributed by atoms with Gasteiger partial charge >= 0.3 is 5.97 Å². The van der Waals surface area contributed by atoms with Crippen LogP contribution in [0.25, 0.3) is 0 Å². The van der Waals surface area contributed by atoms with Crippen molar-refractivity contribution in [3.05, 3.63) is 21.9 Å². The molecule has 0 bridgehead atoms. The number of rotatable bonds is 7. The molecule has 0 fully saturated rings. The van der Waals surface area contributed by atoms with E-state index in [2.05, 4.69) is 18.4 Å². The van der Waals surface area contributed by atoms with Crippen molar-refractivity contribution < 1.29 is 42.2 Å². The van der Waals surface area contributed by atoms with E-state index >= 15 is 0 Å². The quantitative estimate of drug-likeness (QED) is 0.435. The number of hydrogen-bond donors (Lipinski definition) is 0. The van der Waals surface area contributed by atoms with Crippen LogP contribution in [0.1, 0.15) is 43.0 Å². The van der Waals surface area contributed by atoms with Crippen LogP contribution in [0.4, 0.5) is 0 Å². The van der Waals surface area contributed by atoms with Gasteiger partial charge in [0, 0.05) is 39.1 Å². The van der Waals surface area contributed by atoms with Crippen LogP contribution in [0, 0.1) is 12.3 Å². The second-order valence-corrected chi connectivity index (χ2v) is 4.90.